The summed E-state index contributed by atoms with van der Waals surface area (Å²) in [6, 6.07) is 17.7. The van der Waals surface area contributed by atoms with E-state index in [0.29, 0.717) is 5.69 Å². The molecule has 0 aliphatic carbocycles. The average Bonchev–Trinajstić information content (AvgIpc) is 2.67. The molecule has 28 heavy (non-hydrogen) atoms. The zero-order chi connectivity index (χ0) is 20.6. The van der Waals surface area contributed by atoms with Gasteiger partial charge in [0.1, 0.15) is 11.6 Å². The topological polar surface area (TPSA) is 64.9 Å². The number of rotatable bonds is 7. The first-order chi connectivity index (χ1) is 13.3. The highest BCUT2D eigenvalue weighted by Gasteiger charge is 2.17. The van der Waals surface area contributed by atoms with Gasteiger partial charge in [-0.2, -0.15) is 5.26 Å². The van der Waals surface area contributed by atoms with Gasteiger partial charge in [-0.3, -0.25) is 4.79 Å². The summed E-state index contributed by atoms with van der Waals surface area (Å²) in [6.45, 7) is 8.54. The smallest absolute Gasteiger partial charge is 0.267 e. The fraction of sp³-hybridized carbons (Fsp3) is 0.333. The largest absolute Gasteiger partial charge is 0.360 e. The Morgan fingerprint density at radius 2 is 1.79 bits per heavy atom. The molecule has 0 fully saturated rings. The van der Waals surface area contributed by atoms with Gasteiger partial charge < -0.3 is 10.6 Å². The molecule has 0 saturated heterocycles. The number of nitrogens with one attached hydrogen (secondary N) is 2. The van der Waals surface area contributed by atoms with E-state index in [1.54, 1.807) is 0 Å². The second kappa shape index (κ2) is 9.75. The number of benzene rings is 2. The molecular formula is C24H29N3O. The van der Waals surface area contributed by atoms with E-state index < -0.39 is 5.91 Å². The van der Waals surface area contributed by atoms with Crippen molar-refractivity contribution in [3.8, 4) is 6.07 Å². The first-order valence-corrected chi connectivity index (χ1v) is 9.71. The third-order valence-corrected chi connectivity index (χ3v) is 4.50. The lowest BCUT2D eigenvalue weighted by molar-refractivity contribution is -0.112. The quantitative estimate of drug-likeness (QED) is 0.476. The highest BCUT2D eigenvalue weighted by Crippen LogP contribution is 2.29. The van der Waals surface area contributed by atoms with Crippen LogP contribution >= 0.6 is 0 Å². The van der Waals surface area contributed by atoms with Gasteiger partial charge in [0.2, 0.25) is 0 Å². The fourth-order valence-corrected chi connectivity index (χ4v) is 2.90. The Balaban J connectivity index is 2.09. The van der Waals surface area contributed by atoms with Crippen LogP contribution in [0.3, 0.4) is 0 Å². The second-order valence-corrected chi connectivity index (χ2v) is 7.86. The third kappa shape index (κ3) is 5.99. The van der Waals surface area contributed by atoms with E-state index >= 15 is 0 Å². The van der Waals surface area contributed by atoms with E-state index in [4.69, 9.17) is 0 Å². The van der Waals surface area contributed by atoms with Gasteiger partial charge >= 0.3 is 0 Å². The van der Waals surface area contributed by atoms with Crippen molar-refractivity contribution in [1.82, 2.24) is 0 Å². The van der Waals surface area contributed by atoms with Crippen molar-refractivity contribution < 1.29 is 4.79 Å². The van der Waals surface area contributed by atoms with Gasteiger partial charge in [0, 0.05) is 17.6 Å². The zero-order valence-electron chi connectivity index (χ0n) is 17.2. The summed E-state index contributed by atoms with van der Waals surface area (Å²) in [5.41, 5.74) is 3.91. The van der Waals surface area contributed by atoms with Crippen LogP contribution in [0, 0.1) is 11.3 Å². The molecule has 0 unspecified atom stereocenters. The predicted octanol–water partition coefficient (Wildman–Crippen LogP) is 5.78. The summed E-state index contributed by atoms with van der Waals surface area (Å²) >= 11 is 0. The number of nitrogens with zero attached hydrogens (tertiary/aromatic N) is 1. The summed E-state index contributed by atoms with van der Waals surface area (Å²) in [4.78, 5) is 12.5. The molecule has 0 aliphatic heterocycles. The molecule has 1 amide bonds. The van der Waals surface area contributed by atoms with Crippen molar-refractivity contribution in [3.63, 3.8) is 0 Å². The number of hydrogen-bond acceptors (Lipinski definition) is 3. The molecule has 0 aromatic heterocycles. The minimum atomic E-state index is -0.426. The third-order valence-electron chi connectivity index (χ3n) is 4.50. The molecule has 0 atom stereocenters. The van der Waals surface area contributed by atoms with E-state index in [-0.39, 0.29) is 11.0 Å². The molecule has 0 spiro atoms. The van der Waals surface area contributed by atoms with E-state index in [9.17, 15) is 10.1 Å². The lowest BCUT2D eigenvalue weighted by atomic mass is 9.86. The second-order valence-electron chi connectivity index (χ2n) is 7.86. The van der Waals surface area contributed by atoms with Gasteiger partial charge in [-0.25, -0.2) is 0 Å². The lowest BCUT2D eigenvalue weighted by Crippen LogP contribution is -2.16. The van der Waals surface area contributed by atoms with Gasteiger partial charge in [-0.1, -0.05) is 64.4 Å². The minimum Gasteiger partial charge on any atom is -0.360 e. The van der Waals surface area contributed by atoms with E-state index in [1.165, 1.54) is 11.8 Å². The van der Waals surface area contributed by atoms with Crippen molar-refractivity contribution in [1.29, 1.82) is 5.26 Å². The number of nitriles is 1. The van der Waals surface area contributed by atoms with Crippen LogP contribution in [0.5, 0.6) is 0 Å². The first kappa shape index (κ1) is 21.2. The maximum absolute atomic E-state index is 12.5. The standard InChI is InChI=1S/C24H29N3O/c1-5-6-9-18-12-14-20(15-13-18)27-23(28)19(16-25)17-26-22-11-8-7-10-21(22)24(2,3)4/h7-8,10-15,17,26H,5-6,9H2,1-4H3,(H,27,28)/b19-17-. The number of aryl methyl sites for hydroxylation is 1. The summed E-state index contributed by atoms with van der Waals surface area (Å²) in [7, 11) is 0. The number of carbonyl (C=O) groups excluding carboxylic acids is 1. The van der Waals surface area contributed by atoms with Crippen LogP contribution in [-0.4, -0.2) is 5.91 Å². The van der Waals surface area contributed by atoms with Gasteiger partial charge in [-0.15, -0.1) is 0 Å². The Kier molecular flexibility index (Phi) is 7.40. The maximum atomic E-state index is 12.5. The highest BCUT2D eigenvalue weighted by molar-refractivity contribution is 6.06. The van der Waals surface area contributed by atoms with Crippen LogP contribution in [0.15, 0.2) is 60.3 Å². The van der Waals surface area contributed by atoms with Crippen molar-refractivity contribution in [3.05, 3.63) is 71.4 Å². The minimum absolute atomic E-state index is 0.0266. The molecule has 2 aromatic rings. The molecule has 4 nitrogen and oxygen atoms in total. The molecule has 0 heterocycles. The number of anilines is 2. The summed E-state index contributed by atoms with van der Waals surface area (Å²) < 4.78 is 0. The Labute approximate surface area is 168 Å². The summed E-state index contributed by atoms with van der Waals surface area (Å²) in [5.74, 6) is -0.426. The van der Waals surface area contributed by atoms with Crippen molar-refractivity contribution in [2.24, 2.45) is 0 Å². The van der Waals surface area contributed by atoms with Crippen molar-refractivity contribution in [2.45, 2.75) is 52.4 Å². The zero-order valence-corrected chi connectivity index (χ0v) is 17.2. The SMILES string of the molecule is CCCCc1ccc(NC(=O)/C(C#N)=C\Nc2ccccc2C(C)(C)C)cc1. The summed E-state index contributed by atoms with van der Waals surface area (Å²) in [6.07, 6.45) is 4.80. The average molecular weight is 376 g/mol. The monoisotopic (exact) mass is 375 g/mol. The van der Waals surface area contributed by atoms with Gasteiger partial charge in [0.05, 0.1) is 0 Å². The van der Waals surface area contributed by atoms with Crippen LogP contribution in [0.1, 0.15) is 51.7 Å². The normalized spacial score (nSPS) is 11.6. The van der Waals surface area contributed by atoms with Crippen LogP contribution in [0.4, 0.5) is 11.4 Å². The van der Waals surface area contributed by atoms with Crippen molar-refractivity contribution in [2.75, 3.05) is 10.6 Å². The number of unbranched alkanes of at least 4 members (excludes halogenated alkanes) is 1. The summed E-state index contributed by atoms with van der Waals surface area (Å²) in [5, 5.41) is 15.3. The van der Waals surface area contributed by atoms with Gasteiger partial charge in [0.25, 0.3) is 5.91 Å². The van der Waals surface area contributed by atoms with E-state index in [2.05, 4.69) is 38.3 Å². The van der Waals surface area contributed by atoms with E-state index in [0.717, 1.165) is 30.5 Å². The molecule has 2 N–H and O–H groups in total. The molecule has 0 bridgehead atoms. The highest BCUT2D eigenvalue weighted by atomic mass is 16.1. The first-order valence-electron chi connectivity index (χ1n) is 9.71. The Hall–Kier alpha value is -3.06. The Morgan fingerprint density at radius 3 is 2.39 bits per heavy atom. The number of amides is 1. The maximum Gasteiger partial charge on any atom is 0.267 e. The molecule has 0 radical (unpaired) electrons. The lowest BCUT2D eigenvalue weighted by Gasteiger charge is -2.22. The van der Waals surface area contributed by atoms with Gasteiger partial charge in [-0.05, 0) is 47.6 Å². The number of para-hydroxylation sites is 1. The molecule has 0 saturated carbocycles. The van der Waals surface area contributed by atoms with Crippen LogP contribution in [-0.2, 0) is 16.6 Å². The Bertz CT molecular complexity index is 868. The molecule has 2 rings (SSSR count). The number of carbonyl (C=O) groups is 1. The van der Waals surface area contributed by atoms with Crippen LogP contribution < -0.4 is 10.6 Å². The van der Waals surface area contributed by atoms with Crippen LogP contribution in [0.25, 0.3) is 0 Å². The van der Waals surface area contributed by atoms with Gasteiger partial charge in [0.15, 0.2) is 0 Å². The van der Waals surface area contributed by atoms with Crippen LogP contribution in [0.2, 0.25) is 0 Å². The molecule has 0 aliphatic rings. The van der Waals surface area contributed by atoms with Crippen molar-refractivity contribution >= 4 is 17.3 Å². The Morgan fingerprint density at radius 1 is 1.11 bits per heavy atom. The molecule has 4 heteroatoms. The molecular weight excluding hydrogens is 346 g/mol. The predicted molar refractivity (Wildman–Crippen MR) is 116 cm³/mol. The van der Waals surface area contributed by atoms with E-state index in [1.807, 2.05) is 54.6 Å². The fourth-order valence-electron chi connectivity index (χ4n) is 2.90. The molecule has 2 aromatic carbocycles. The molecule has 146 valence electrons. The number of hydrogen-bond donors (Lipinski definition) is 2.